The van der Waals surface area contributed by atoms with E-state index in [-0.39, 0.29) is 18.0 Å². The molecule has 1 aromatic carbocycles. The van der Waals surface area contributed by atoms with Gasteiger partial charge in [0.05, 0.1) is 26.2 Å². The van der Waals surface area contributed by atoms with Gasteiger partial charge in [0.25, 0.3) is 0 Å². The number of urea groups is 1. The van der Waals surface area contributed by atoms with Gasteiger partial charge in [0.1, 0.15) is 11.5 Å². The lowest BCUT2D eigenvalue weighted by atomic mass is 9.97. The van der Waals surface area contributed by atoms with Crippen LogP contribution >= 0.6 is 0 Å². The molecule has 0 bridgehead atoms. The van der Waals surface area contributed by atoms with Gasteiger partial charge >= 0.3 is 12.0 Å². The van der Waals surface area contributed by atoms with Crippen LogP contribution in [0.3, 0.4) is 0 Å². The number of piperidine rings is 1. The van der Waals surface area contributed by atoms with Gasteiger partial charge in [-0.3, -0.25) is 4.79 Å². The molecule has 1 aromatic rings. The van der Waals surface area contributed by atoms with E-state index in [4.69, 9.17) is 14.6 Å². The van der Waals surface area contributed by atoms with Gasteiger partial charge in [-0.1, -0.05) is 0 Å². The van der Waals surface area contributed by atoms with E-state index in [0.29, 0.717) is 37.4 Å². The minimum atomic E-state index is -0.787. The van der Waals surface area contributed by atoms with Crippen molar-refractivity contribution in [3.63, 3.8) is 0 Å². The Bertz CT molecular complexity index is 597. The Hall–Kier alpha value is -2.44. The first-order valence-electron chi connectivity index (χ1n) is 7.96. The molecule has 1 heterocycles. The van der Waals surface area contributed by atoms with Crippen molar-refractivity contribution < 1.29 is 24.2 Å². The quantitative estimate of drug-likeness (QED) is 0.861. The Morgan fingerprint density at radius 1 is 1.25 bits per heavy atom. The van der Waals surface area contributed by atoms with Crippen LogP contribution in [0.25, 0.3) is 0 Å². The topological polar surface area (TPSA) is 88.1 Å². The Morgan fingerprint density at radius 3 is 2.46 bits per heavy atom. The SMILES string of the molecule is COc1ccc(OC)c(C(C)NC(=O)N2CCC(C(=O)O)CC2)c1. The van der Waals surface area contributed by atoms with Gasteiger partial charge in [-0.25, -0.2) is 4.79 Å². The van der Waals surface area contributed by atoms with Gasteiger partial charge in [0.2, 0.25) is 0 Å². The first kappa shape index (κ1) is 17.9. The second-order valence-corrected chi connectivity index (χ2v) is 5.88. The molecule has 1 saturated heterocycles. The number of ether oxygens (including phenoxy) is 2. The average molecular weight is 336 g/mol. The van der Waals surface area contributed by atoms with Crippen LogP contribution in [-0.2, 0) is 4.79 Å². The highest BCUT2D eigenvalue weighted by Crippen LogP contribution is 2.29. The molecule has 0 aromatic heterocycles. The number of carbonyl (C=O) groups is 2. The molecule has 2 N–H and O–H groups in total. The zero-order valence-corrected chi connectivity index (χ0v) is 14.2. The van der Waals surface area contributed by atoms with Gasteiger partial charge in [-0.15, -0.1) is 0 Å². The number of carbonyl (C=O) groups excluding carboxylic acids is 1. The molecular weight excluding hydrogens is 312 g/mol. The van der Waals surface area contributed by atoms with Crippen LogP contribution in [0.4, 0.5) is 4.79 Å². The van der Waals surface area contributed by atoms with Crippen molar-refractivity contribution in [2.24, 2.45) is 5.92 Å². The zero-order valence-electron chi connectivity index (χ0n) is 14.2. The third-order valence-electron chi connectivity index (χ3n) is 4.37. The van der Waals surface area contributed by atoms with Crippen molar-refractivity contribution >= 4 is 12.0 Å². The highest BCUT2D eigenvalue weighted by atomic mass is 16.5. The largest absolute Gasteiger partial charge is 0.497 e. The van der Waals surface area contributed by atoms with Crippen molar-refractivity contribution in [2.75, 3.05) is 27.3 Å². The molecule has 2 amide bonds. The number of nitrogens with one attached hydrogen (secondary N) is 1. The Kier molecular flexibility index (Phi) is 5.89. The van der Waals surface area contributed by atoms with Crippen molar-refractivity contribution in [1.29, 1.82) is 0 Å². The number of hydrogen-bond acceptors (Lipinski definition) is 4. The Morgan fingerprint density at radius 2 is 1.92 bits per heavy atom. The lowest BCUT2D eigenvalue weighted by Gasteiger charge is -2.31. The predicted molar refractivity (Wildman–Crippen MR) is 88.4 cm³/mol. The standard InChI is InChI=1S/C17H24N2O5/c1-11(14-10-13(23-2)4-5-15(14)24-3)18-17(22)19-8-6-12(7-9-19)16(20)21/h4-5,10-12H,6-9H2,1-3H3,(H,18,22)(H,20,21). The summed E-state index contributed by atoms with van der Waals surface area (Å²) in [4.78, 5) is 25.0. The first-order valence-corrected chi connectivity index (χ1v) is 7.96. The molecule has 2 rings (SSSR count). The number of nitrogens with zero attached hydrogens (tertiary/aromatic N) is 1. The predicted octanol–water partition coefficient (Wildman–Crippen LogP) is 2.27. The van der Waals surface area contributed by atoms with E-state index in [1.54, 1.807) is 31.3 Å². The average Bonchev–Trinajstić information content (AvgIpc) is 2.60. The number of methoxy groups -OCH3 is 2. The van der Waals surface area contributed by atoms with Crippen LogP contribution in [0.2, 0.25) is 0 Å². The summed E-state index contributed by atoms with van der Waals surface area (Å²) in [6, 6.07) is 4.97. The fourth-order valence-electron chi connectivity index (χ4n) is 2.86. The molecule has 0 radical (unpaired) electrons. The maximum atomic E-state index is 12.4. The number of carboxylic acid groups (broad SMARTS) is 1. The number of hydrogen-bond donors (Lipinski definition) is 2. The third kappa shape index (κ3) is 4.10. The molecular formula is C17H24N2O5. The van der Waals surface area contributed by atoms with Crippen molar-refractivity contribution in [3.05, 3.63) is 23.8 Å². The fraction of sp³-hybridized carbons (Fsp3) is 0.529. The van der Waals surface area contributed by atoms with Crippen LogP contribution in [-0.4, -0.2) is 49.3 Å². The molecule has 1 atom stereocenters. The van der Waals surface area contributed by atoms with E-state index in [2.05, 4.69) is 5.32 Å². The maximum Gasteiger partial charge on any atom is 0.317 e. The van der Waals surface area contributed by atoms with Crippen molar-refractivity contribution in [3.8, 4) is 11.5 Å². The molecule has 1 fully saturated rings. The van der Waals surface area contributed by atoms with Crippen LogP contribution in [0, 0.1) is 5.92 Å². The van der Waals surface area contributed by atoms with E-state index >= 15 is 0 Å². The number of rotatable bonds is 5. The number of amides is 2. The summed E-state index contributed by atoms with van der Waals surface area (Å²) in [5, 5.41) is 12.0. The van der Waals surface area contributed by atoms with Crippen molar-refractivity contribution in [2.45, 2.75) is 25.8 Å². The second-order valence-electron chi connectivity index (χ2n) is 5.88. The lowest BCUT2D eigenvalue weighted by Crippen LogP contribution is -2.46. The summed E-state index contributed by atoms with van der Waals surface area (Å²) in [6.07, 6.45) is 0.971. The van der Waals surface area contributed by atoms with E-state index < -0.39 is 5.97 Å². The molecule has 0 aliphatic carbocycles. The molecule has 24 heavy (non-hydrogen) atoms. The van der Waals surface area contributed by atoms with Gasteiger partial charge in [-0.2, -0.15) is 0 Å². The minimum Gasteiger partial charge on any atom is -0.497 e. The van der Waals surface area contributed by atoms with Crippen LogP contribution in [0.1, 0.15) is 31.4 Å². The summed E-state index contributed by atoms with van der Waals surface area (Å²) in [6.45, 7) is 2.77. The smallest absolute Gasteiger partial charge is 0.317 e. The second kappa shape index (κ2) is 7.90. The normalized spacial score (nSPS) is 16.4. The summed E-state index contributed by atoms with van der Waals surface area (Å²) < 4.78 is 10.6. The molecule has 7 nitrogen and oxygen atoms in total. The number of likely N-dealkylation sites (tertiary alicyclic amines) is 1. The summed E-state index contributed by atoms with van der Waals surface area (Å²) in [5.74, 6) is 0.219. The van der Waals surface area contributed by atoms with E-state index in [1.165, 1.54) is 0 Å². The van der Waals surface area contributed by atoms with Gasteiger partial charge < -0.3 is 24.8 Å². The van der Waals surface area contributed by atoms with Crippen LogP contribution in [0.5, 0.6) is 11.5 Å². The summed E-state index contributed by atoms with van der Waals surface area (Å²) in [5.41, 5.74) is 0.825. The highest BCUT2D eigenvalue weighted by Gasteiger charge is 2.27. The molecule has 1 aliphatic rings. The Labute approximate surface area is 141 Å². The highest BCUT2D eigenvalue weighted by molar-refractivity contribution is 5.76. The Balaban J connectivity index is 2.00. The van der Waals surface area contributed by atoms with Crippen LogP contribution < -0.4 is 14.8 Å². The first-order chi connectivity index (χ1) is 11.5. The molecule has 132 valence electrons. The van der Waals surface area contributed by atoms with E-state index in [1.807, 2.05) is 13.0 Å². The molecule has 1 unspecified atom stereocenters. The summed E-state index contributed by atoms with van der Waals surface area (Å²) >= 11 is 0. The maximum absolute atomic E-state index is 12.4. The van der Waals surface area contributed by atoms with E-state index in [9.17, 15) is 9.59 Å². The number of aliphatic carboxylic acids is 1. The summed E-state index contributed by atoms with van der Waals surface area (Å²) in [7, 11) is 3.16. The molecule has 7 heteroatoms. The van der Waals surface area contributed by atoms with E-state index in [0.717, 1.165) is 5.56 Å². The minimum absolute atomic E-state index is 0.198. The molecule has 1 aliphatic heterocycles. The third-order valence-corrected chi connectivity index (χ3v) is 4.37. The monoisotopic (exact) mass is 336 g/mol. The molecule has 0 saturated carbocycles. The van der Waals surface area contributed by atoms with Gasteiger partial charge in [0.15, 0.2) is 0 Å². The zero-order chi connectivity index (χ0) is 17.7. The fourth-order valence-corrected chi connectivity index (χ4v) is 2.86. The van der Waals surface area contributed by atoms with Gasteiger partial charge in [-0.05, 0) is 38.0 Å². The molecule has 0 spiro atoms. The number of carboxylic acids is 1. The number of benzene rings is 1. The lowest BCUT2D eigenvalue weighted by molar-refractivity contribution is -0.143. The van der Waals surface area contributed by atoms with Gasteiger partial charge in [0, 0.05) is 18.7 Å². The van der Waals surface area contributed by atoms with Crippen LogP contribution in [0.15, 0.2) is 18.2 Å². The van der Waals surface area contributed by atoms with Crippen molar-refractivity contribution in [1.82, 2.24) is 10.2 Å².